The lowest BCUT2D eigenvalue weighted by atomic mass is 9.80. The molecule has 0 fully saturated rings. The fraction of sp³-hybridized carbons (Fsp3) is 0.200. The summed E-state index contributed by atoms with van der Waals surface area (Å²) in [6.07, 6.45) is 4.43. The Morgan fingerprint density at radius 1 is 1.20 bits per heavy atom. The largest absolute Gasteiger partial charge is 0.481 e. The Morgan fingerprint density at radius 2 is 1.80 bits per heavy atom. The molecule has 1 aromatic carbocycles. The van der Waals surface area contributed by atoms with Gasteiger partial charge in [0, 0.05) is 10.0 Å². The first-order chi connectivity index (χ1) is 9.35. The second kappa shape index (κ2) is 7.05. The van der Waals surface area contributed by atoms with Crippen LogP contribution >= 0.6 is 15.9 Å². The predicted molar refractivity (Wildman–Crippen MR) is 79.4 cm³/mol. The van der Waals surface area contributed by atoms with Crippen LogP contribution in [0.1, 0.15) is 13.3 Å². The molecule has 0 spiro atoms. The molecule has 0 amide bonds. The third kappa shape index (κ3) is 4.66. The van der Waals surface area contributed by atoms with Crippen LogP contribution in [0, 0.1) is 5.41 Å². The summed E-state index contributed by atoms with van der Waals surface area (Å²) in [6, 6.07) is 9.97. The van der Waals surface area contributed by atoms with E-state index in [1.54, 1.807) is 0 Å². The van der Waals surface area contributed by atoms with Crippen LogP contribution in [0.2, 0.25) is 0 Å². The van der Waals surface area contributed by atoms with Gasteiger partial charge in [0.1, 0.15) is 0 Å². The van der Waals surface area contributed by atoms with Gasteiger partial charge in [-0.15, -0.1) is 0 Å². The first-order valence-electron chi connectivity index (χ1n) is 5.91. The van der Waals surface area contributed by atoms with Gasteiger partial charge in [-0.3, -0.25) is 4.79 Å². The molecule has 2 N–H and O–H groups in total. The van der Waals surface area contributed by atoms with Crippen LogP contribution < -0.4 is 0 Å². The minimum atomic E-state index is -1.08. The zero-order valence-corrected chi connectivity index (χ0v) is 12.5. The average molecular weight is 339 g/mol. The summed E-state index contributed by atoms with van der Waals surface area (Å²) in [7, 11) is 0. The molecule has 1 aromatic rings. The molecule has 106 valence electrons. The number of hydrogen-bond donors (Lipinski definition) is 2. The second-order valence-corrected chi connectivity index (χ2v) is 5.47. The number of carbonyl (C=O) groups is 2. The lowest BCUT2D eigenvalue weighted by molar-refractivity contribution is -0.145. The Kier molecular flexibility index (Phi) is 5.70. The molecule has 1 unspecified atom stereocenters. The van der Waals surface area contributed by atoms with E-state index < -0.39 is 17.4 Å². The summed E-state index contributed by atoms with van der Waals surface area (Å²) in [4.78, 5) is 21.3. The highest BCUT2D eigenvalue weighted by molar-refractivity contribution is 9.10. The van der Waals surface area contributed by atoms with E-state index in [1.807, 2.05) is 30.3 Å². The topological polar surface area (TPSA) is 74.6 Å². The predicted octanol–water partition coefficient (Wildman–Crippen LogP) is 3.50. The van der Waals surface area contributed by atoms with E-state index in [1.165, 1.54) is 25.2 Å². The van der Waals surface area contributed by atoms with E-state index in [0.717, 1.165) is 4.47 Å². The molecule has 2 rings (SSSR count). The molecule has 0 saturated heterocycles. The Bertz CT molecular complexity index is 548. The quantitative estimate of drug-likeness (QED) is 0.865. The molecule has 0 aliphatic heterocycles. The molecule has 20 heavy (non-hydrogen) atoms. The van der Waals surface area contributed by atoms with Crippen molar-refractivity contribution in [2.24, 2.45) is 5.41 Å². The van der Waals surface area contributed by atoms with Crippen LogP contribution in [0.25, 0.3) is 0 Å². The van der Waals surface area contributed by atoms with Crippen molar-refractivity contribution in [2.75, 3.05) is 0 Å². The molecule has 5 heteroatoms. The zero-order valence-electron chi connectivity index (χ0n) is 10.9. The average Bonchev–Trinajstić information content (AvgIpc) is 2.40. The van der Waals surface area contributed by atoms with Crippen molar-refractivity contribution in [3.8, 4) is 0 Å². The molecule has 1 aliphatic rings. The third-order valence-corrected chi connectivity index (χ3v) is 3.34. The summed E-state index contributed by atoms with van der Waals surface area (Å²) >= 11 is 3.31. The van der Waals surface area contributed by atoms with Gasteiger partial charge in [0.25, 0.3) is 0 Å². The summed E-state index contributed by atoms with van der Waals surface area (Å²) in [6.45, 7) is 1.50. The molecule has 1 atom stereocenters. The van der Waals surface area contributed by atoms with Crippen molar-refractivity contribution in [2.45, 2.75) is 13.3 Å². The van der Waals surface area contributed by atoms with Crippen LogP contribution in [0.15, 0.2) is 58.6 Å². The molecular weight excluding hydrogens is 324 g/mol. The molecule has 4 nitrogen and oxygen atoms in total. The number of hydrogen-bond acceptors (Lipinski definition) is 2. The third-order valence-electron chi connectivity index (χ3n) is 2.82. The highest BCUT2D eigenvalue weighted by Gasteiger charge is 2.34. The van der Waals surface area contributed by atoms with Crippen molar-refractivity contribution in [3.05, 3.63) is 58.6 Å². The van der Waals surface area contributed by atoms with E-state index in [0.29, 0.717) is 0 Å². The summed E-state index contributed by atoms with van der Waals surface area (Å²) in [5.74, 6) is -2.06. The first-order valence-corrected chi connectivity index (χ1v) is 6.70. The number of benzene rings is 1. The summed E-state index contributed by atoms with van der Waals surface area (Å²) < 4.78 is 1.13. The SMILES string of the molecule is Brc1ccccc1.CC1(C(=O)O)C=CC=C(C(=O)O)C1. The molecule has 0 bridgehead atoms. The van der Waals surface area contributed by atoms with E-state index in [-0.39, 0.29) is 12.0 Å². The number of halogens is 1. The Labute approximate surface area is 125 Å². The van der Waals surface area contributed by atoms with Gasteiger partial charge in [-0.25, -0.2) is 4.79 Å². The number of allylic oxidation sites excluding steroid dienone is 2. The van der Waals surface area contributed by atoms with Gasteiger partial charge < -0.3 is 10.2 Å². The summed E-state index contributed by atoms with van der Waals surface area (Å²) in [5.41, 5.74) is -0.949. The van der Waals surface area contributed by atoms with Crippen molar-refractivity contribution < 1.29 is 19.8 Å². The van der Waals surface area contributed by atoms with Crippen LogP contribution in [0.3, 0.4) is 0 Å². The number of aliphatic carboxylic acids is 2. The van der Waals surface area contributed by atoms with Crippen LogP contribution in [0.4, 0.5) is 0 Å². The number of carboxylic acids is 2. The molecule has 1 aliphatic carbocycles. The number of rotatable bonds is 2. The highest BCUT2D eigenvalue weighted by Crippen LogP contribution is 2.31. The fourth-order valence-electron chi connectivity index (χ4n) is 1.60. The van der Waals surface area contributed by atoms with Crippen LogP contribution in [-0.4, -0.2) is 22.2 Å². The second-order valence-electron chi connectivity index (χ2n) is 4.55. The Balaban J connectivity index is 0.000000240. The molecule has 0 heterocycles. The maximum absolute atomic E-state index is 10.8. The Morgan fingerprint density at radius 3 is 2.20 bits per heavy atom. The lowest BCUT2D eigenvalue weighted by Crippen LogP contribution is -2.28. The van der Waals surface area contributed by atoms with E-state index in [9.17, 15) is 9.59 Å². The molecule has 0 aromatic heterocycles. The van der Waals surface area contributed by atoms with Crippen molar-refractivity contribution in [1.82, 2.24) is 0 Å². The van der Waals surface area contributed by atoms with Gasteiger partial charge in [0.2, 0.25) is 0 Å². The summed E-state index contributed by atoms with van der Waals surface area (Å²) in [5, 5.41) is 17.5. The van der Waals surface area contributed by atoms with Crippen molar-refractivity contribution >= 4 is 27.9 Å². The van der Waals surface area contributed by atoms with E-state index >= 15 is 0 Å². The molecule has 0 saturated carbocycles. The molecular formula is C15H15BrO4. The monoisotopic (exact) mass is 338 g/mol. The van der Waals surface area contributed by atoms with Crippen LogP contribution in [0.5, 0.6) is 0 Å². The van der Waals surface area contributed by atoms with E-state index in [2.05, 4.69) is 15.9 Å². The van der Waals surface area contributed by atoms with Crippen molar-refractivity contribution in [1.29, 1.82) is 0 Å². The van der Waals surface area contributed by atoms with Gasteiger partial charge in [0.15, 0.2) is 0 Å². The highest BCUT2D eigenvalue weighted by atomic mass is 79.9. The van der Waals surface area contributed by atoms with E-state index in [4.69, 9.17) is 10.2 Å². The smallest absolute Gasteiger partial charge is 0.331 e. The maximum atomic E-state index is 10.8. The Hall–Kier alpha value is -1.88. The van der Waals surface area contributed by atoms with Crippen LogP contribution in [-0.2, 0) is 9.59 Å². The fourth-order valence-corrected chi connectivity index (χ4v) is 1.90. The normalized spacial score (nSPS) is 20.4. The standard InChI is InChI=1S/C9H10O4.C6H5Br/c1-9(8(12)13)4-2-3-6(5-9)7(10)11;7-6-4-2-1-3-5-6/h2-4H,5H2,1H3,(H,10,11)(H,12,13);1-5H. The van der Waals surface area contributed by atoms with Gasteiger partial charge >= 0.3 is 11.9 Å². The first kappa shape index (κ1) is 16.2. The van der Waals surface area contributed by atoms with Crippen molar-refractivity contribution in [3.63, 3.8) is 0 Å². The lowest BCUT2D eigenvalue weighted by Gasteiger charge is -2.23. The van der Waals surface area contributed by atoms with Gasteiger partial charge in [0.05, 0.1) is 5.41 Å². The maximum Gasteiger partial charge on any atom is 0.331 e. The number of carboxylic acid groups (broad SMARTS) is 2. The minimum absolute atomic E-state index is 0.0359. The minimum Gasteiger partial charge on any atom is -0.481 e. The molecule has 0 radical (unpaired) electrons. The van der Waals surface area contributed by atoms with Gasteiger partial charge in [-0.05, 0) is 25.5 Å². The van der Waals surface area contributed by atoms with Gasteiger partial charge in [-0.2, -0.15) is 0 Å². The zero-order chi connectivity index (χ0) is 15.2. The van der Waals surface area contributed by atoms with Gasteiger partial charge in [-0.1, -0.05) is 52.4 Å².